The van der Waals surface area contributed by atoms with Gasteiger partial charge in [0.25, 0.3) is 0 Å². The second kappa shape index (κ2) is 10.2. The molecule has 2 aromatic heterocycles. The zero-order valence-electron chi connectivity index (χ0n) is 17.8. The molecule has 1 unspecified atom stereocenters. The van der Waals surface area contributed by atoms with Crippen molar-refractivity contribution in [1.29, 1.82) is 0 Å². The van der Waals surface area contributed by atoms with Crippen LogP contribution in [0.15, 0.2) is 85.4 Å². The Morgan fingerprint density at radius 3 is 2.74 bits per heavy atom. The van der Waals surface area contributed by atoms with Gasteiger partial charge in [0.1, 0.15) is 5.82 Å². The van der Waals surface area contributed by atoms with Gasteiger partial charge in [-0.05, 0) is 73.9 Å². The third-order valence-corrected chi connectivity index (χ3v) is 4.52. The van der Waals surface area contributed by atoms with Gasteiger partial charge in [-0.3, -0.25) is 9.78 Å². The highest BCUT2D eigenvalue weighted by Crippen LogP contribution is 2.25. The number of nitrogens with one attached hydrogen (secondary N) is 2. The Morgan fingerprint density at radius 2 is 2.03 bits per heavy atom. The van der Waals surface area contributed by atoms with Crippen molar-refractivity contribution in [3.05, 3.63) is 96.5 Å². The highest BCUT2D eigenvalue weighted by atomic mass is 16.1. The van der Waals surface area contributed by atoms with Crippen LogP contribution in [-0.4, -0.2) is 21.9 Å². The molecule has 0 aliphatic heterocycles. The number of benzene rings is 1. The normalized spacial score (nSPS) is 12.1. The minimum absolute atomic E-state index is 0.0252. The van der Waals surface area contributed by atoms with Crippen LogP contribution in [-0.2, 0) is 11.2 Å². The summed E-state index contributed by atoms with van der Waals surface area (Å²) >= 11 is 0. The molecule has 0 aliphatic rings. The second-order valence-electron chi connectivity index (χ2n) is 7.40. The summed E-state index contributed by atoms with van der Waals surface area (Å²) in [5.74, 6) is 0.498. The predicted octanol–water partition coefficient (Wildman–Crippen LogP) is 4.52. The molecule has 1 atom stereocenters. The minimum Gasteiger partial charge on any atom is -0.402 e. The summed E-state index contributed by atoms with van der Waals surface area (Å²) in [4.78, 5) is 20.7. The first-order valence-corrected chi connectivity index (χ1v) is 10.1. The molecule has 0 radical (unpaired) electrons. The quantitative estimate of drug-likeness (QED) is 0.472. The average Bonchev–Trinajstić information content (AvgIpc) is 2.73. The SMILES string of the molecule is C=CC(=O)Nc1cccc(-c2cc(Cc3cccnc3)cc(NC(C)/C=C(/C)N)n2)c1. The van der Waals surface area contributed by atoms with Crippen LogP contribution in [0.3, 0.4) is 0 Å². The number of aromatic nitrogens is 2. The number of carbonyl (C=O) groups excluding carboxylic acids is 1. The van der Waals surface area contributed by atoms with Crippen molar-refractivity contribution in [2.75, 3.05) is 10.6 Å². The molecule has 0 saturated heterocycles. The Balaban J connectivity index is 1.98. The lowest BCUT2D eigenvalue weighted by molar-refractivity contribution is -0.111. The van der Waals surface area contributed by atoms with Crippen molar-refractivity contribution < 1.29 is 4.79 Å². The molecular weight excluding hydrogens is 386 g/mol. The van der Waals surface area contributed by atoms with Crippen molar-refractivity contribution in [3.63, 3.8) is 0 Å². The van der Waals surface area contributed by atoms with Crippen molar-refractivity contribution in [2.24, 2.45) is 5.73 Å². The van der Waals surface area contributed by atoms with E-state index in [1.807, 2.05) is 62.5 Å². The first kappa shape index (κ1) is 21.8. The maximum absolute atomic E-state index is 11.7. The third-order valence-electron chi connectivity index (χ3n) is 4.52. The van der Waals surface area contributed by atoms with E-state index in [2.05, 4.69) is 34.3 Å². The lowest BCUT2D eigenvalue weighted by atomic mass is 10.0. The van der Waals surface area contributed by atoms with Gasteiger partial charge in [0.2, 0.25) is 5.91 Å². The molecule has 0 fully saturated rings. The molecule has 3 aromatic rings. The Bertz CT molecular complexity index is 1090. The van der Waals surface area contributed by atoms with Crippen molar-refractivity contribution >= 4 is 17.4 Å². The van der Waals surface area contributed by atoms with Crippen LogP contribution in [0.25, 0.3) is 11.3 Å². The number of nitrogens with two attached hydrogens (primary N) is 1. The summed E-state index contributed by atoms with van der Waals surface area (Å²) in [7, 11) is 0. The molecule has 1 aromatic carbocycles. The lowest BCUT2D eigenvalue weighted by Gasteiger charge is -2.15. The maximum Gasteiger partial charge on any atom is 0.247 e. The number of amides is 1. The molecule has 0 bridgehead atoms. The van der Waals surface area contributed by atoms with E-state index in [0.717, 1.165) is 40.3 Å². The van der Waals surface area contributed by atoms with E-state index in [9.17, 15) is 4.79 Å². The number of hydrogen-bond donors (Lipinski definition) is 3. The predicted molar refractivity (Wildman–Crippen MR) is 127 cm³/mol. The summed E-state index contributed by atoms with van der Waals surface area (Å²) < 4.78 is 0. The molecule has 0 saturated carbocycles. The summed E-state index contributed by atoms with van der Waals surface area (Å²) in [5.41, 5.74) is 11.2. The maximum atomic E-state index is 11.7. The van der Waals surface area contributed by atoms with Gasteiger partial charge < -0.3 is 16.4 Å². The number of nitrogens with zero attached hydrogens (tertiary/aromatic N) is 2. The van der Waals surface area contributed by atoms with E-state index < -0.39 is 0 Å². The molecule has 158 valence electrons. The Labute approximate surface area is 182 Å². The van der Waals surface area contributed by atoms with E-state index in [-0.39, 0.29) is 11.9 Å². The number of carbonyl (C=O) groups is 1. The van der Waals surface area contributed by atoms with Gasteiger partial charge in [-0.25, -0.2) is 4.98 Å². The average molecular weight is 414 g/mol. The molecule has 0 aliphatic carbocycles. The number of anilines is 2. The largest absolute Gasteiger partial charge is 0.402 e. The molecule has 4 N–H and O–H groups in total. The van der Waals surface area contributed by atoms with Crippen molar-refractivity contribution in [1.82, 2.24) is 9.97 Å². The molecular formula is C25H27N5O. The van der Waals surface area contributed by atoms with Crippen LogP contribution in [0.2, 0.25) is 0 Å². The van der Waals surface area contributed by atoms with Gasteiger partial charge in [-0.1, -0.05) is 24.8 Å². The fourth-order valence-corrected chi connectivity index (χ4v) is 3.27. The zero-order valence-corrected chi connectivity index (χ0v) is 17.8. The smallest absolute Gasteiger partial charge is 0.247 e. The highest BCUT2D eigenvalue weighted by molar-refractivity contribution is 5.99. The third kappa shape index (κ3) is 6.54. The summed E-state index contributed by atoms with van der Waals surface area (Å²) in [6, 6.07) is 15.7. The number of hydrogen-bond acceptors (Lipinski definition) is 5. The van der Waals surface area contributed by atoms with Crippen LogP contribution in [0, 0.1) is 0 Å². The van der Waals surface area contributed by atoms with Gasteiger partial charge in [-0.15, -0.1) is 0 Å². The molecule has 1 amide bonds. The van der Waals surface area contributed by atoms with Crippen molar-refractivity contribution in [3.8, 4) is 11.3 Å². The summed E-state index contributed by atoms with van der Waals surface area (Å²) in [6.07, 6.45) is 7.55. The molecule has 3 rings (SSSR count). The Kier molecular flexibility index (Phi) is 7.17. The molecule has 0 spiro atoms. The van der Waals surface area contributed by atoms with Gasteiger partial charge in [0.05, 0.1) is 5.69 Å². The van der Waals surface area contributed by atoms with Gasteiger partial charge in [-0.2, -0.15) is 0 Å². The van der Waals surface area contributed by atoms with E-state index in [0.29, 0.717) is 5.69 Å². The number of rotatable bonds is 8. The summed E-state index contributed by atoms with van der Waals surface area (Å²) in [6.45, 7) is 7.38. The standard InChI is InChI=1S/C25H27N5O/c1-4-25(31)29-22-9-5-8-21(15-22)23-13-20(12-19-7-6-10-27-16-19)14-24(30-23)28-18(3)11-17(2)26/h4-11,13-16,18H,1,12,26H2,2-3H3,(H,28,30)(H,29,31)/b17-11-. The monoisotopic (exact) mass is 413 g/mol. The van der Waals surface area contributed by atoms with Gasteiger partial charge in [0.15, 0.2) is 0 Å². The number of allylic oxidation sites excluding steroid dienone is 1. The molecule has 2 heterocycles. The Hall–Kier alpha value is -3.93. The van der Waals surface area contributed by atoms with E-state index >= 15 is 0 Å². The van der Waals surface area contributed by atoms with Crippen LogP contribution in [0.1, 0.15) is 25.0 Å². The van der Waals surface area contributed by atoms with Crippen LogP contribution in [0.4, 0.5) is 11.5 Å². The van der Waals surface area contributed by atoms with Crippen LogP contribution < -0.4 is 16.4 Å². The minimum atomic E-state index is -0.254. The van der Waals surface area contributed by atoms with Gasteiger partial charge in [0, 0.05) is 35.4 Å². The zero-order chi connectivity index (χ0) is 22.2. The fourth-order valence-electron chi connectivity index (χ4n) is 3.27. The van der Waals surface area contributed by atoms with Crippen molar-refractivity contribution in [2.45, 2.75) is 26.3 Å². The van der Waals surface area contributed by atoms with Crippen LogP contribution >= 0.6 is 0 Å². The highest BCUT2D eigenvalue weighted by Gasteiger charge is 2.09. The second-order valence-corrected chi connectivity index (χ2v) is 7.40. The van der Waals surface area contributed by atoms with Gasteiger partial charge >= 0.3 is 0 Å². The van der Waals surface area contributed by atoms with Crippen LogP contribution in [0.5, 0.6) is 0 Å². The van der Waals surface area contributed by atoms with E-state index in [4.69, 9.17) is 10.7 Å². The Morgan fingerprint density at radius 1 is 1.19 bits per heavy atom. The lowest BCUT2D eigenvalue weighted by Crippen LogP contribution is -2.15. The molecule has 6 heteroatoms. The molecule has 31 heavy (non-hydrogen) atoms. The first-order valence-electron chi connectivity index (χ1n) is 10.1. The topological polar surface area (TPSA) is 92.9 Å². The first-order chi connectivity index (χ1) is 14.9. The molecule has 6 nitrogen and oxygen atoms in total. The number of pyridine rings is 2. The summed E-state index contributed by atoms with van der Waals surface area (Å²) in [5, 5.41) is 6.19. The fraction of sp³-hybridized carbons (Fsp3) is 0.160. The van der Waals surface area contributed by atoms with E-state index in [1.54, 1.807) is 6.20 Å². The van der Waals surface area contributed by atoms with E-state index in [1.165, 1.54) is 6.08 Å².